The molecule has 1 fully saturated rings. The Balaban J connectivity index is 2.06. The maximum absolute atomic E-state index is 12.1. The van der Waals surface area contributed by atoms with Gasteiger partial charge in [0, 0.05) is 29.6 Å². The molecule has 0 spiro atoms. The molecule has 0 saturated carbocycles. The summed E-state index contributed by atoms with van der Waals surface area (Å²) in [5, 5.41) is 2.87. The number of rotatable bonds is 4. The monoisotopic (exact) mass is 292 g/mol. The normalized spacial score (nSPS) is 18.7. The fourth-order valence-corrected chi connectivity index (χ4v) is 2.71. The van der Waals surface area contributed by atoms with Gasteiger partial charge in [-0.3, -0.25) is 9.59 Å². The van der Waals surface area contributed by atoms with Gasteiger partial charge in [0.1, 0.15) is 0 Å². The van der Waals surface area contributed by atoms with Gasteiger partial charge in [-0.05, 0) is 44.4 Å². The van der Waals surface area contributed by atoms with Gasteiger partial charge in [-0.15, -0.1) is 11.8 Å². The van der Waals surface area contributed by atoms with E-state index in [4.69, 9.17) is 0 Å². The number of thioether (sulfide) groups is 1. The van der Waals surface area contributed by atoms with E-state index in [1.807, 2.05) is 44.4 Å². The third-order valence-electron chi connectivity index (χ3n) is 3.31. The molecule has 1 unspecified atom stereocenters. The van der Waals surface area contributed by atoms with Crippen molar-refractivity contribution < 1.29 is 9.59 Å². The number of carbonyl (C=O) groups excluding carboxylic acids is 2. The van der Waals surface area contributed by atoms with Gasteiger partial charge in [0.25, 0.3) is 0 Å². The second kappa shape index (κ2) is 6.31. The van der Waals surface area contributed by atoms with Gasteiger partial charge >= 0.3 is 0 Å². The first-order valence-electron chi connectivity index (χ1n) is 6.76. The molecule has 5 heteroatoms. The van der Waals surface area contributed by atoms with E-state index in [0.29, 0.717) is 13.0 Å². The molecule has 2 rings (SSSR count). The summed E-state index contributed by atoms with van der Waals surface area (Å²) in [4.78, 5) is 26.9. The predicted molar refractivity (Wildman–Crippen MR) is 82.0 cm³/mol. The first kappa shape index (κ1) is 14.9. The number of benzene rings is 1. The molecule has 0 radical (unpaired) electrons. The lowest BCUT2D eigenvalue weighted by molar-refractivity contribution is -0.126. The van der Waals surface area contributed by atoms with E-state index in [1.54, 1.807) is 16.7 Å². The Labute approximate surface area is 123 Å². The smallest absolute Gasteiger partial charge is 0.227 e. The molecular weight excluding hydrogens is 272 g/mol. The Hall–Kier alpha value is -1.49. The van der Waals surface area contributed by atoms with Crippen LogP contribution in [0.1, 0.15) is 20.3 Å². The first-order chi connectivity index (χ1) is 9.51. The topological polar surface area (TPSA) is 49.4 Å². The first-order valence-corrected chi connectivity index (χ1v) is 7.98. The van der Waals surface area contributed by atoms with Crippen molar-refractivity contribution in [1.82, 2.24) is 5.32 Å². The number of anilines is 1. The van der Waals surface area contributed by atoms with Crippen LogP contribution in [0, 0.1) is 5.92 Å². The van der Waals surface area contributed by atoms with Crippen LogP contribution in [-0.4, -0.2) is 30.7 Å². The highest BCUT2D eigenvalue weighted by atomic mass is 32.2. The molecule has 4 nitrogen and oxygen atoms in total. The Morgan fingerprint density at radius 1 is 1.35 bits per heavy atom. The zero-order valence-corrected chi connectivity index (χ0v) is 12.9. The molecule has 1 atom stereocenters. The maximum Gasteiger partial charge on any atom is 0.227 e. The number of hydrogen-bond donors (Lipinski definition) is 1. The summed E-state index contributed by atoms with van der Waals surface area (Å²) < 4.78 is 0. The highest BCUT2D eigenvalue weighted by molar-refractivity contribution is 7.98. The van der Waals surface area contributed by atoms with Crippen molar-refractivity contribution in [3.63, 3.8) is 0 Å². The lowest BCUT2D eigenvalue weighted by Crippen LogP contribution is -2.36. The zero-order chi connectivity index (χ0) is 14.7. The Morgan fingerprint density at radius 2 is 2.00 bits per heavy atom. The van der Waals surface area contributed by atoms with Crippen LogP contribution in [0.25, 0.3) is 0 Å². The van der Waals surface area contributed by atoms with Gasteiger partial charge in [-0.25, -0.2) is 0 Å². The van der Waals surface area contributed by atoms with Crippen LogP contribution in [0.2, 0.25) is 0 Å². The average molecular weight is 292 g/mol. The largest absolute Gasteiger partial charge is 0.354 e. The summed E-state index contributed by atoms with van der Waals surface area (Å²) in [5.41, 5.74) is 0.868. The zero-order valence-electron chi connectivity index (χ0n) is 12.1. The highest BCUT2D eigenvalue weighted by Gasteiger charge is 2.35. The molecule has 1 saturated heterocycles. The van der Waals surface area contributed by atoms with Gasteiger partial charge in [0.05, 0.1) is 5.92 Å². The molecule has 1 heterocycles. The molecule has 1 aromatic rings. The Bertz CT molecular complexity index is 499. The molecule has 1 aromatic carbocycles. The standard InChI is InChI=1S/C15H20N2O2S/c1-10(2)16-15(19)11-8-14(18)17(9-11)12-4-6-13(20-3)7-5-12/h4-7,10-11H,8-9H2,1-3H3,(H,16,19). The summed E-state index contributed by atoms with van der Waals surface area (Å²) in [7, 11) is 0. The molecule has 1 aliphatic heterocycles. The van der Waals surface area contributed by atoms with Gasteiger partial charge in [0.2, 0.25) is 11.8 Å². The number of nitrogens with one attached hydrogen (secondary N) is 1. The number of hydrogen-bond acceptors (Lipinski definition) is 3. The number of nitrogens with zero attached hydrogens (tertiary/aromatic N) is 1. The van der Waals surface area contributed by atoms with Crippen LogP contribution < -0.4 is 10.2 Å². The quantitative estimate of drug-likeness (QED) is 0.866. The van der Waals surface area contributed by atoms with Gasteiger partial charge in [0.15, 0.2) is 0 Å². The van der Waals surface area contributed by atoms with Crippen LogP contribution in [-0.2, 0) is 9.59 Å². The van der Waals surface area contributed by atoms with Gasteiger partial charge in [-0.2, -0.15) is 0 Å². The Morgan fingerprint density at radius 3 is 2.55 bits per heavy atom. The summed E-state index contributed by atoms with van der Waals surface area (Å²) in [5.74, 6) is -0.257. The summed E-state index contributed by atoms with van der Waals surface area (Å²) in [6, 6.07) is 7.97. The average Bonchev–Trinajstić information content (AvgIpc) is 2.80. The lowest BCUT2D eigenvalue weighted by atomic mass is 10.1. The fourth-order valence-electron chi connectivity index (χ4n) is 2.30. The maximum atomic E-state index is 12.1. The third-order valence-corrected chi connectivity index (χ3v) is 4.05. The lowest BCUT2D eigenvalue weighted by Gasteiger charge is -2.17. The van der Waals surface area contributed by atoms with E-state index in [0.717, 1.165) is 10.6 Å². The van der Waals surface area contributed by atoms with Crippen molar-refractivity contribution in [2.45, 2.75) is 31.2 Å². The van der Waals surface area contributed by atoms with Crippen LogP contribution in [0.3, 0.4) is 0 Å². The van der Waals surface area contributed by atoms with Crippen molar-refractivity contribution in [1.29, 1.82) is 0 Å². The van der Waals surface area contributed by atoms with E-state index >= 15 is 0 Å². The highest BCUT2D eigenvalue weighted by Crippen LogP contribution is 2.27. The summed E-state index contributed by atoms with van der Waals surface area (Å²) in [6.45, 7) is 4.32. The molecule has 0 bridgehead atoms. The van der Waals surface area contributed by atoms with Crippen molar-refractivity contribution in [3.8, 4) is 0 Å². The van der Waals surface area contributed by atoms with Crippen LogP contribution >= 0.6 is 11.8 Å². The van der Waals surface area contributed by atoms with Crippen molar-refractivity contribution >= 4 is 29.3 Å². The van der Waals surface area contributed by atoms with Crippen molar-refractivity contribution in [3.05, 3.63) is 24.3 Å². The molecule has 1 aliphatic rings. The molecule has 108 valence electrons. The summed E-state index contributed by atoms with van der Waals surface area (Å²) >= 11 is 1.67. The second-order valence-electron chi connectivity index (χ2n) is 5.27. The predicted octanol–water partition coefficient (Wildman–Crippen LogP) is 2.29. The van der Waals surface area contributed by atoms with E-state index in [2.05, 4.69) is 5.32 Å². The van der Waals surface area contributed by atoms with E-state index in [9.17, 15) is 9.59 Å². The molecule has 2 amide bonds. The molecule has 0 aromatic heterocycles. The molecule has 1 N–H and O–H groups in total. The molecule has 0 aliphatic carbocycles. The Kier molecular flexibility index (Phi) is 4.70. The van der Waals surface area contributed by atoms with Crippen LogP contribution in [0.4, 0.5) is 5.69 Å². The minimum atomic E-state index is -0.245. The van der Waals surface area contributed by atoms with Gasteiger partial charge < -0.3 is 10.2 Å². The van der Waals surface area contributed by atoms with Gasteiger partial charge in [-0.1, -0.05) is 0 Å². The minimum absolute atomic E-state index is 0.0193. The van der Waals surface area contributed by atoms with E-state index in [1.165, 1.54) is 0 Å². The van der Waals surface area contributed by atoms with E-state index < -0.39 is 0 Å². The molecular formula is C15H20N2O2S. The summed E-state index contributed by atoms with van der Waals surface area (Å²) in [6.07, 6.45) is 2.31. The SMILES string of the molecule is CSc1ccc(N2CC(C(=O)NC(C)C)CC2=O)cc1. The van der Waals surface area contributed by atoms with Crippen LogP contribution in [0.15, 0.2) is 29.2 Å². The fraction of sp³-hybridized carbons (Fsp3) is 0.467. The van der Waals surface area contributed by atoms with Crippen molar-refractivity contribution in [2.75, 3.05) is 17.7 Å². The third kappa shape index (κ3) is 3.33. The molecule has 20 heavy (non-hydrogen) atoms. The van der Waals surface area contributed by atoms with Crippen LogP contribution in [0.5, 0.6) is 0 Å². The number of amides is 2. The second-order valence-corrected chi connectivity index (χ2v) is 6.15. The number of carbonyl (C=O) groups is 2. The van der Waals surface area contributed by atoms with E-state index in [-0.39, 0.29) is 23.8 Å². The minimum Gasteiger partial charge on any atom is -0.354 e. The van der Waals surface area contributed by atoms with Crippen molar-refractivity contribution in [2.24, 2.45) is 5.92 Å².